The van der Waals surface area contributed by atoms with Crippen LogP contribution in [0.1, 0.15) is 24.8 Å². The molecule has 0 aliphatic carbocycles. The number of hydrogen-bond donors (Lipinski definition) is 2. The van der Waals surface area contributed by atoms with Gasteiger partial charge in [0.2, 0.25) is 10.0 Å². The molecular weight excluding hydrogens is 272 g/mol. The van der Waals surface area contributed by atoms with Crippen LogP contribution in [0.5, 0.6) is 0 Å². The fraction of sp³-hybridized carbons (Fsp3) is 0.636. The number of hydrogen-bond acceptors (Lipinski definition) is 5. The molecule has 100 valence electrons. The zero-order valence-corrected chi connectivity index (χ0v) is 11.5. The zero-order valence-electron chi connectivity index (χ0n) is 9.83. The number of nitrogens with two attached hydrogens (primary N) is 1. The topological polar surface area (TPSA) is 81.4 Å². The smallest absolute Gasteiger partial charge is 0.250 e. The fourth-order valence-electron chi connectivity index (χ4n) is 2.62. The zero-order chi connectivity index (χ0) is 12.8. The van der Waals surface area contributed by atoms with E-state index in [2.05, 4.69) is 4.72 Å². The van der Waals surface area contributed by atoms with E-state index in [1.54, 1.807) is 11.4 Å². The molecule has 0 spiro atoms. The lowest BCUT2D eigenvalue weighted by molar-refractivity contribution is 0.0996. The largest absolute Gasteiger partial charge is 0.373 e. The van der Waals surface area contributed by atoms with E-state index in [1.165, 1.54) is 11.3 Å². The van der Waals surface area contributed by atoms with Crippen molar-refractivity contribution in [1.29, 1.82) is 0 Å². The van der Waals surface area contributed by atoms with Crippen molar-refractivity contribution in [2.45, 2.75) is 48.3 Å². The van der Waals surface area contributed by atoms with E-state index in [0.29, 0.717) is 10.8 Å². The molecule has 0 amide bonds. The summed E-state index contributed by atoms with van der Waals surface area (Å²) in [4.78, 5) is 0. The Labute approximate surface area is 110 Å². The molecule has 1 aromatic rings. The maximum absolute atomic E-state index is 12.2. The number of rotatable bonds is 4. The molecule has 2 bridgehead atoms. The van der Waals surface area contributed by atoms with E-state index < -0.39 is 10.0 Å². The number of fused-ring (bicyclic) bond motifs is 2. The first kappa shape index (κ1) is 12.6. The van der Waals surface area contributed by atoms with Gasteiger partial charge in [0.1, 0.15) is 4.21 Å². The van der Waals surface area contributed by atoms with Crippen LogP contribution in [0.25, 0.3) is 0 Å². The number of ether oxygens (including phenoxy) is 1. The van der Waals surface area contributed by atoms with Crippen molar-refractivity contribution in [3.8, 4) is 0 Å². The van der Waals surface area contributed by atoms with Crippen LogP contribution in [-0.4, -0.2) is 26.7 Å². The lowest BCUT2D eigenvalue weighted by Gasteiger charge is -2.19. The van der Waals surface area contributed by atoms with E-state index >= 15 is 0 Å². The SMILES string of the molecule is NCc1csc(S(=O)(=O)NC2CC3CCC2O3)c1. The maximum Gasteiger partial charge on any atom is 0.250 e. The molecular formula is C11H16N2O3S2. The fourth-order valence-corrected chi connectivity index (χ4v) is 5.14. The first-order valence-electron chi connectivity index (χ1n) is 6.04. The van der Waals surface area contributed by atoms with Crippen LogP contribution in [0, 0.1) is 0 Å². The molecule has 2 fully saturated rings. The quantitative estimate of drug-likeness (QED) is 0.859. The highest BCUT2D eigenvalue weighted by Crippen LogP contribution is 2.35. The molecule has 3 rings (SSSR count). The minimum Gasteiger partial charge on any atom is -0.373 e. The lowest BCUT2D eigenvalue weighted by Crippen LogP contribution is -2.41. The van der Waals surface area contributed by atoms with E-state index in [1.807, 2.05) is 0 Å². The Morgan fingerprint density at radius 2 is 2.33 bits per heavy atom. The molecule has 1 aromatic heterocycles. The van der Waals surface area contributed by atoms with Gasteiger partial charge in [-0.3, -0.25) is 0 Å². The van der Waals surface area contributed by atoms with Gasteiger partial charge in [-0.05, 0) is 36.3 Å². The summed E-state index contributed by atoms with van der Waals surface area (Å²) < 4.78 is 33.1. The molecule has 2 saturated heterocycles. The summed E-state index contributed by atoms with van der Waals surface area (Å²) in [7, 11) is -3.42. The second kappa shape index (κ2) is 4.57. The van der Waals surface area contributed by atoms with Crippen LogP contribution in [0.4, 0.5) is 0 Å². The molecule has 18 heavy (non-hydrogen) atoms. The molecule has 2 aliphatic rings. The van der Waals surface area contributed by atoms with E-state index in [4.69, 9.17) is 10.5 Å². The van der Waals surface area contributed by atoms with Gasteiger partial charge in [-0.15, -0.1) is 11.3 Å². The summed E-state index contributed by atoms with van der Waals surface area (Å²) in [6.45, 7) is 0.364. The molecule has 3 unspecified atom stereocenters. The van der Waals surface area contributed by atoms with Crippen molar-refractivity contribution < 1.29 is 13.2 Å². The predicted octanol–water partition coefficient (Wildman–Crippen LogP) is 0.805. The standard InChI is InChI=1S/C11H16N2O3S2/c12-5-7-3-11(17-6-7)18(14,15)13-9-4-8-1-2-10(9)16-8/h3,6,8-10,13H,1-2,4-5,12H2. The van der Waals surface area contributed by atoms with Gasteiger partial charge in [0.05, 0.1) is 18.2 Å². The van der Waals surface area contributed by atoms with Gasteiger partial charge in [0, 0.05) is 6.54 Å². The Morgan fingerprint density at radius 1 is 1.50 bits per heavy atom. The highest BCUT2D eigenvalue weighted by Gasteiger charge is 2.42. The molecule has 0 radical (unpaired) electrons. The molecule has 3 heterocycles. The van der Waals surface area contributed by atoms with Crippen LogP contribution in [0.3, 0.4) is 0 Å². The average molecular weight is 288 g/mol. The Kier molecular flexibility index (Phi) is 3.19. The minimum atomic E-state index is -3.42. The highest BCUT2D eigenvalue weighted by molar-refractivity contribution is 7.91. The molecule has 7 heteroatoms. The minimum absolute atomic E-state index is 0.0544. The van der Waals surface area contributed by atoms with Crippen LogP contribution < -0.4 is 10.5 Å². The summed E-state index contributed by atoms with van der Waals surface area (Å²) in [6, 6.07) is 1.57. The van der Waals surface area contributed by atoms with Crippen LogP contribution in [0.15, 0.2) is 15.7 Å². The van der Waals surface area contributed by atoms with Crippen molar-refractivity contribution >= 4 is 21.4 Å². The first-order valence-corrected chi connectivity index (χ1v) is 8.40. The second-order valence-corrected chi connectivity index (χ2v) is 7.67. The third kappa shape index (κ3) is 2.21. The van der Waals surface area contributed by atoms with Gasteiger partial charge in [0.25, 0.3) is 0 Å². The molecule has 3 atom stereocenters. The van der Waals surface area contributed by atoms with Crippen LogP contribution in [-0.2, 0) is 21.3 Å². The van der Waals surface area contributed by atoms with Crippen LogP contribution >= 0.6 is 11.3 Å². The predicted molar refractivity (Wildman–Crippen MR) is 68.8 cm³/mol. The lowest BCUT2D eigenvalue weighted by atomic mass is 9.96. The third-order valence-corrected chi connectivity index (χ3v) is 6.52. The van der Waals surface area contributed by atoms with E-state index in [0.717, 1.165) is 24.8 Å². The van der Waals surface area contributed by atoms with Gasteiger partial charge in [-0.1, -0.05) is 0 Å². The highest BCUT2D eigenvalue weighted by atomic mass is 32.2. The molecule has 5 nitrogen and oxygen atoms in total. The van der Waals surface area contributed by atoms with E-state index in [9.17, 15) is 8.42 Å². The molecule has 2 aliphatic heterocycles. The number of thiophene rings is 1. The van der Waals surface area contributed by atoms with Crippen molar-refractivity contribution in [1.82, 2.24) is 4.72 Å². The van der Waals surface area contributed by atoms with Crippen LogP contribution in [0.2, 0.25) is 0 Å². The second-order valence-electron chi connectivity index (χ2n) is 4.82. The summed E-state index contributed by atoms with van der Waals surface area (Å²) in [5.74, 6) is 0. The van der Waals surface area contributed by atoms with E-state index in [-0.39, 0.29) is 18.2 Å². The van der Waals surface area contributed by atoms with Crippen molar-refractivity contribution in [3.05, 3.63) is 17.0 Å². The molecule has 0 aromatic carbocycles. The maximum atomic E-state index is 12.2. The summed E-state index contributed by atoms with van der Waals surface area (Å²) in [6.07, 6.45) is 3.10. The monoisotopic (exact) mass is 288 g/mol. The summed E-state index contributed by atoms with van der Waals surface area (Å²) >= 11 is 1.21. The van der Waals surface area contributed by atoms with Crippen molar-refractivity contribution in [3.63, 3.8) is 0 Å². The average Bonchev–Trinajstić information content (AvgIpc) is 3.04. The van der Waals surface area contributed by atoms with Crippen molar-refractivity contribution in [2.75, 3.05) is 0 Å². The van der Waals surface area contributed by atoms with Gasteiger partial charge in [0.15, 0.2) is 0 Å². The van der Waals surface area contributed by atoms with Gasteiger partial charge in [-0.25, -0.2) is 13.1 Å². The van der Waals surface area contributed by atoms with Crippen molar-refractivity contribution in [2.24, 2.45) is 5.73 Å². The number of nitrogens with one attached hydrogen (secondary N) is 1. The number of sulfonamides is 1. The Balaban J connectivity index is 1.75. The molecule has 3 N–H and O–H groups in total. The normalized spacial score (nSPS) is 31.1. The van der Waals surface area contributed by atoms with Gasteiger partial charge in [-0.2, -0.15) is 0 Å². The summed E-state index contributed by atoms with van der Waals surface area (Å²) in [5, 5.41) is 1.78. The Bertz CT molecular complexity index is 540. The molecule has 0 saturated carbocycles. The van der Waals surface area contributed by atoms with Gasteiger partial charge >= 0.3 is 0 Å². The Morgan fingerprint density at radius 3 is 2.89 bits per heavy atom. The first-order chi connectivity index (χ1) is 8.58. The summed E-state index contributed by atoms with van der Waals surface area (Å²) in [5.41, 5.74) is 6.34. The third-order valence-electron chi connectivity index (χ3n) is 3.54. The van der Waals surface area contributed by atoms with Gasteiger partial charge < -0.3 is 10.5 Å². The Hall–Kier alpha value is -0.470.